The summed E-state index contributed by atoms with van der Waals surface area (Å²) < 4.78 is 12.9. The van der Waals surface area contributed by atoms with E-state index in [0.717, 1.165) is 6.54 Å². The molecule has 3 rings (SSSR count). The number of nitrogens with one attached hydrogen (secondary N) is 1. The lowest BCUT2D eigenvalue weighted by molar-refractivity contribution is 0.613. The summed E-state index contributed by atoms with van der Waals surface area (Å²) in [7, 11) is 0. The van der Waals surface area contributed by atoms with E-state index in [-0.39, 0.29) is 5.82 Å². The predicted octanol–water partition coefficient (Wildman–Crippen LogP) is 1.96. The van der Waals surface area contributed by atoms with Crippen LogP contribution in [-0.2, 0) is 0 Å². The highest BCUT2D eigenvalue weighted by molar-refractivity contribution is 5.41. The van der Waals surface area contributed by atoms with Crippen LogP contribution in [0.15, 0.2) is 18.2 Å². The highest BCUT2D eigenvalue weighted by atomic mass is 19.1. The molecule has 1 aromatic rings. The third kappa shape index (κ3) is 0.707. The van der Waals surface area contributed by atoms with E-state index in [1.165, 1.54) is 17.5 Å². The summed E-state index contributed by atoms with van der Waals surface area (Å²) in [4.78, 5) is 0. The van der Waals surface area contributed by atoms with Crippen LogP contribution in [0.2, 0.25) is 0 Å². The van der Waals surface area contributed by atoms with Crippen molar-refractivity contribution in [2.75, 3.05) is 6.54 Å². The minimum Gasteiger partial charge on any atom is -0.309 e. The van der Waals surface area contributed by atoms with Crippen LogP contribution in [0.4, 0.5) is 4.39 Å². The molecule has 1 aliphatic heterocycles. The van der Waals surface area contributed by atoms with Crippen LogP contribution >= 0.6 is 0 Å². The van der Waals surface area contributed by atoms with E-state index in [4.69, 9.17) is 0 Å². The number of hydrogen-bond donors (Lipinski definition) is 1. The first-order valence-electron chi connectivity index (χ1n) is 4.37. The molecule has 0 aromatic heterocycles. The van der Waals surface area contributed by atoms with Gasteiger partial charge in [0.15, 0.2) is 0 Å². The average molecular weight is 163 g/mol. The van der Waals surface area contributed by atoms with Gasteiger partial charge in [0.05, 0.1) is 0 Å². The Morgan fingerprint density at radius 3 is 3.17 bits per heavy atom. The van der Waals surface area contributed by atoms with E-state index in [1.807, 2.05) is 6.07 Å². The summed E-state index contributed by atoms with van der Waals surface area (Å²) in [6.45, 7) is 1.03. The summed E-state index contributed by atoms with van der Waals surface area (Å²) in [5.74, 6) is 0.474. The van der Waals surface area contributed by atoms with Crippen molar-refractivity contribution in [3.8, 4) is 0 Å². The quantitative estimate of drug-likeness (QED) is 0.616. The van der Waals surface area contributed by atoms with E-state index in [2.05, 4.69) is 5.32 Å². The molecule has 1 fully saturated rings. The summed E-state index contributed by atoms with van der Waals surface area (Å²) in [6, 6.07) is 5.68. The molecular formula is C10H10FN. The lowest BCUT2D eigenvalue weighted by Crippen LogP contribution is -2.19. The molecule has 0 spiro atoms. The van der Waals surface area contributed by atoms with Crippen LogP contribution in [0, 0.1) is 5.82 Å². The van der Waals surface area contributed by atoms with Crippen molar-refractivity contribution < 1.29 is 4.39 Å². The van der Waals surface area contributed by atoms with Gasteiger partial charge in [0.2, 0.25) is 0 Å². The fourth-order valence-electron chi connectivity index (χ4n) is 2.43. The second-order valence-corrected chi connectivity index (χ2v) is 3.67. The second-order valence-electron chi connectivity index (χ2n) is 3.67. The van der Waals surface area contributed by atoms with Gasteiger partial charge in [-0.1, -0.05) is 6.07 Å². The Kier molecular flexibility index (Phi) is 1.14. The molecular weight excluding hydrogens is 153 g/mol. The van der Waals surface area contributed by atoms with E-state index in [9.17, 15) is 4.39 Å². The number of hydrogen-bond acceptors (Lipinski definition) is 1. The van der Waals surface area contributed by atoms with E-state index < -0.39 is 0 Å². The number of fused-ring (bicyclic) bond motifs is 5. The van der Waals surface area contributed by atoms with Gasteiger partial charge in [0.1, 0.15) is 5.82 Å². The molecule has 2 aliphatic rings. The first kappa shape index (κ1) is 6.61. The number of benzene rings is 1. The molecule has 1 aliphatic carbocycles. The lowest BCUT2D eigenvalue weighted by atomic mass is 10.0. The molecule has 2 atom stereocenters. The van der Waals surface area contributed by atoms with Crippen LogP contribution in [0.5, 0.6) is 0 Å². The molecule has 2 bridgehead atoms. The van der Waals surface area contributed by atoms with Crippen LogP contribution < -0.4 is 5.32 Å². The minimum atomic E-state index is -0.0960. The molecule has 2 heteroatoms. The standard InChI is InChI=1S/C10H10FN/c11-7-1-2-8-9(4-7)6-3-10(8)12-5-6/h1-2,4,6,10,12H,3,5H2/t6-,10-/m0/s1. The maximum Gasteiger partial charge on any atom is 0.123 e. The van der Waals surface area contributed by atoms with Crippen molar-refractivity contribution in [1.82, 2.24) is 5.32 Å². The molecule has 62 valence electrons. The lowest BCUT2D eigenvalue weighted by Gasteiger charge is -2.15. The maximum absolute atomic E-state index is 12.9. The van der Waals surface area contributed by atoms with Crippen LogP contribution in [-0.4, -0.2) is 6.54 Å². The van der Waals surface area contributed by atoms with E-state index in [0.29, 0.717) is 12.0 Å². The molecule has 0 saturated carbocycles. The minimum absolute atomic E-state index is 0.0960. The maximum atomic E-state index is 12.9. The van der Waals surface area contributed by atoms with Crippen molar-refractivity contribution in [2.45, 2.75) is 18.4 Å². The molecule has 1 heterocycles. The average Bonchev–Trinajstić information content (AvgIpc) is 2.63. The van der Waals surface area contributed by atoms with Gasteiger partial charge in [-0.3, -0.25) is 0 Å². The van der Waals surface area contributed by atoms with Gasteiger partial charge in [0.25, 0.3) is 0 Å². The van der Waals surface area contributed by atoms with Crippen molar-refractivity contribution in [1.29, 1.82) is 0 Å². The van der Waals surface area contributed by atoms with Crippen LogP contribution in [0.1, 0.15) is 29.5 Å². The molecule has 1 saturated heterocycles. The first-order chi connectivity index (χ1) is 5.84. The predicted molar refractivity (Wildman–Crippen MR) is 44.5 cm³/mol. The Hall–Kier alpha value is -0.890. The number of rotatable bonds is 0. The van der Waals surface area contributed by atoms with Crippen LogP contribution in [0.3, 0.4) is 0 Å². The Bertz CT molecular complexity index is 335. The SMILES string of the molecule is Fc1ccc2c(c1)[C@@H]1CN[C@H]2C1. The van der Waals surface area contributed by atoms with Crippen LogP contribution in [0.25, 0.3) is 0 Å². The first-order valence-corrected chi connectivity index (χ1v) is 4.37. The second kappa shape index (κ2) is 2.07. The molecule has 12 heavy (non-hydrogen) atoms. The van der Waals surface area contributed by atoms with Crippen molar-refractivity contribution in [2.24, 2.45) is 0 Å². The zero-order valence-electron chi connectivity index (χ0n) is 6.68. The molecule has 1 aromatic carbocycles. The molecule has 0 radical (unpaired) electrons. The van der Waals surface area contributed by atoms with Crippen molar-refractivity contribution in [3.05, 3.63) is 35.1 Å². The Morgan fingerprint density at radius 2 is 2.25 bits per heavy atom. The zero-order valence-corrected chi connectivity index (χ0v) is 6.68. The van der Waals surface area contributed by atoms with E-state index in [1.54, 1.807) is 12.1 Å². The van der Waals surface area contributed by atoms with E-state index >= 15 is 0 Å². The molecule has 1 nitrogen and oxygen atoms in total. The van der Waals surface area contributed by atoms with Gasteiger partial charge in [-0.2, -0.15) is 0 Å². The number of halogens is 1. The smallest absolute Gasteiger partial charge is 0.123 e. The van der Waals surface area contributed by atoms with Gasteiger partial charge in [-0.15, -0.1) is 0 Å². The highest BCUT2D eigenvalue weighted by Crippen LogP contribution is 2.44. The molecule has 1 N–H and O–H groups in total. The third-order valence-electron chi connectivity index (χ3n) is 2.99. The molecule has 0 amide bonds. The Morgan fingerprint density at radius 1 is 1.33 bits per heavy atom. The zero-order chi connectivity index (χ0) is 8.13. The van der Waals surface area contributed by atoms with Gasteiger partial charge in [-0.05, 0) is 35.6 Å². The Balaban J connectivity index is 2.20. The summed E-state index contributed by atoms with van der Waals surface area (Å²) in [6.07, 6.45) is 1.17. The van der Waals surface area contributed by atoms with Crippen molar-refractivity contribution in [3.63, 3.8) is 0 Å². The topological polar surface area (TPSA) is 12.0 Å². The van der Waals surface area contributed by atoms with Gasteiger partial charge in [0, 0.05) is 12.6 Å². The monoisotopic (exact) mass is 163 g/mol. The summed E-state index contributed by atoms with van der Waals surface area (Å²) in [5.41, 5.74) is 2.55. The van der Waals surface area contributed by atoms with Crippen molar-refractivity contribution >= 4 is 0 Å². The third-order valence-corrected chi connectivity index (χ3v) is 2.99. The van der Waals surface area contributed by atoms with Gasteiger partial charge >= 0.3 is 0 Å². The summed E-state index contributed by atoms with van der Waals surface area (Å²) in [5, 5.41) is 3.41. The fourth-order valence-corrected chi connectivity index (χ4v) is 2.43. The molecule has 0 unspecified atom stereocenters. The highest BCUT2D eigenvalue weighted by Gasteiger charge is 2.36. The van der Waals surface area contributed by atoms with Gasteiger partial charge < -0.3 is 5.32 Å². The van der Waals surface area contributed by atoms with Gasteiger partial charge in [-0.25, -0.2) is 4.39 Å². The Labute approximate surface area is 70.6 Å². The summed E-state index contributed by atoms with van der Waals surface area (Å²) >= 11 is 0. The largest absolute Gasteiger partial charge is 0.309 e. The fraction of sp³-hybridized carbons (Fsp3) is 0.400. The normalized spacial score (nSPS) is 30.8.